The Hall–Kier alpha value is -0.0200. The standard InChI is InChI=1S/C17H25Br2N/c1-17(2,3)14-5-4-9-20(10-8-14)16-11-15(19)7-6-13(16)12-18/h6-7,11,14H,4-5,8-10,12H2,1-3H3. The highest BCUT2D eigenvalue weighted by molar-refractivity contribution is 9.10. The average molecular weight is 403 g/mol. The molecule has 1 saturated heterocycles. The van der Waals surface area contributed by atoms with Gasteiger partial charge in [0.25, 0.3) is 0 Å². The molecule has 1 aromatic carbocycles. The van der Waals surface area contributed by atoms with Crippen LogP contribution in [0.15, 0.2) is 22.7 Å². The zero-order chi connectivity index (χ0) is 14.8. The lowest BCUT2D eigenvalue weighted by atomic mass is 9.77. The summed E-state index contributed by atoms with van der Waals surface area (Å²) in [4.78, 5) is 2.58. The van der Waals surface area contributed by atoms with E-state index in [1.54, 1.807) is 0 Å². The van der Waals surface area contributed by atoms with E-state index in [2.05, 4.69) is 75.7 Å². The van der Waals surface area contributed by atoms with Crippen molar-refractivity contribution >= 4 is 37.5 Å². The van der Waals surface area contributed by atoms with Gasteiger partial charge in [-0.2, -0.15) is 0 Å². The van der Waals surface area contributed by atoms with Gasteiger partial charge in [-0.05, 0) is 48.3 Å². The molecule has 0 saturated carbocycles. The first kappa shape index (κ1) is 16.4. The van der Waals surface area contributed by atoms with Gasteiger partial charge in [0.2, 0.25) is 0 Å². The lowest BCUT2D eigenvalue weighted by Gasteiger charge is -2.30. The monoisotopic (exact) mass is 401 g/mol. The molecule has 0 radical (unpaired) electrons. The molecule has 3 heteroatoms. The number of halogens is 2. The molecule has 2 rings (SSSR count). The Morgan fingerprint density at radius 2 is 1.95 bits per heavy atom. The summed E-state index contributed by atoms with van der Waals surface area (Å²) in [7, 11) is 0. The average Bonchev–Trinajstić information content (AvgIpc) is 2.63. The van der Waals surface area contributed by atoms with E-state index < -0.39 is 0 Å². The van der Waals surface area contributed by atoms with Gasteiger partial charge in [-0.3, -0.25) is 0 Å². The Labute approximate surface area is 140 Å². The van der Waals surface area contributed by atoms with Crippen LogP contribution in [0.4, 0.5) is 5.69 Å². The molecule has 0 aromatic heterocycles. The molecule has 0 bridgehead atoms. The van der Waals surface area contributed by atoms with E-state index in [9.17, 15) is 0 Å². The molecule has 112 valence electrons. The number of benzene rings is 1. The van der Waals surface area contributed by atoms with Gasteiger partial charge in [-0.1, -0.05) is 58.7 Å². The summed E-state index contributed by atoms with van der Waals surface area (Å²) in [6, 6.07) is 6.63. The highest BCUT2D eigenvalue weighted by atomic mass is 79.9. The van der Waals surface area contributed by atoms with Crippen molar-refractivity contribution in [3.05, 3.63) is 28.2 Å². The number of alkyl halides is 1. The van der Waals surface area contributed by atoms with Crippen LogP contribution in [-0.2, 0) is 5.33 Å². The topological polar surface area (TPSA) is 3.24 Å². The van der Waals surface area contributed by atoms with Crippen molar-refractivity contribution in [1.29, 1.82) is 0 Å². The maximum atomic E-state index is 3.62. The molecule has 0 N–H and O–H groups in total. The van der Waals surface area contributed by atoms with Crippen LogP contribution in [0.5, 0.6) is 0 Å². The van der Waals surface area contributed by atoms with Crippen molar-refractivity contribution in [2.75, 3.05) is 18.0 Å². The Bertz CT molecular complexity index is 451. The molecule has 1 heterocycles. The molecule has 1 aliphatic rings. The smallest absolute Gasteiger partial charge is 0.0418 e. The van der Waals surface area contributed by atoms with Crippen molar-refractivity contribution in [1.82, 2.24) is 0 Å². The molecular formula is C17H25Br2N. The molecule has 0 amide bonds. The van der Waals surface area contributed by atoms with Crippen LogP contribution in [0, 0.1) is 11.3 Å². The summed E-state index contributed by atoms with van der Waals surface area (Å²) in [5, 5.41) is 0.925. The summed E-state index contributed by atoms with van der Waals surface area (Å²) in [5.74, 6) is 0.840. The number of anilines is 1. The zero-order valence-corrected chi connectivity index (χ0v) is 15.9. The number of hydrogen-bond acceptors (Lipinski definition) is 1. The lowest BCUT2D eigenvalue weighted by Crippen LogP contribution is -2.26. The number of nitrogens with zero attached hydrogens (tertiary/aromatic N) is 1. The van der Waals surface area contributed by atoms with Gasteiger partial charge in [-0.15, -0.1) is 0 Å². The Balaban J connectivity index is 2.16. The van der Waals surface area contributed by atoms with E-state index in [0.29, 0.717) is 5.41 Å². The molecule has 1 fully saturated rings. The van der Waals surface area contributed by atoms with E-state index in [1.165, 1.54) is 48.1 Å². The van der Waals surface area contributed by atoms with Crippen LogP contribution < -0.4 is 4.90 Å². The fourth-order valence-electron chi connectivity index (χ4n) is 3.15. The molecular weight excluding hydrogens is 378 g/mol. The maximum absolute atomic E-state index is 3.62. The second-order valence-corrected chi connectivity index (χ2v) is 8.36. The Morgan fingerprint density at radius 3 is 2.60 bits per heavy atom. The second-order valence-electron chi connectivity index (χ2n) is 6.89. The number of hydrogen-bond donors (Lipinski definition) is 0. The third-order valence-corrected chi connectivity index (χ3v) is 5.58. The van der Waals surface area contributed by atoms with Crippen LogP contribution in [0.25, 0.3) is 0 Å². The van der Waals surface area contributed by atoms with Crippen molar-refractivity contribution in [3.63, 3.8) is 0 Å². The molecule has 1 atom stereocenters. The van der Waals surface area contributed by atoms with Gasteiger partial charge in [0, 0.05) is 28.6 Å². The van der Waals surface area contributed by atoms with Crippen molar-refractivity contribution in [3.8, 4) is 0 Å². The van der Waals surface area contributed by atoms with Crippen molar-refractivity contribution < 1.29 is 0 Å². The van der Waals surface area contributed by atoms with Crippen molar-refractivity contribution in [2.24, 2.45) is 11.3 Å². The highest BCUT2D eigenvalue weighted by Crippen LogP contribution is 2.36. The van der Waals surface area contributed by atoms with Gasteiger partial charge in [-0.25, -0.2) is 0 Å². The van der Waals surface area contributed by atoms with Crippen LogP contribution in [0.2, 0.25) is 0 Å². The zero-order valence-electron chi connectivity index (χ0n) is 12.8. The molecule has 20 heavy (non-hydrogen) atoms. The summed E-state index contributed by atoms with van der Waals surface area (Å²) in [6.07, 6.45) is 3.96. The Kier molecular flexibility index (Phi) is 5.58. The summed E-state index contributed by atoms with van der Waals surface area (Å²) >= 11 is 7.23. The molecule has 1 aromatic rings. The van der Waals surface area contributed by atoms with E-state index in [1.807, 2.05) is 0 Å². The Morgan fingerprint density at radius 1 is 1.20 bits per heavy atom. The molecule has 1 nitrogen and oxygen atoms in total. The maximum Gasteiger partial charge on any atom is 0.0418 e. The van der Waals surface area contributed by atoms with Crippen molar-refractivity contribution in [2.45, 2.75) is 45.4 Å². The van der Waals surface area contributed by atoms with Gasteiger partial charge < -0.3 is 4.90 Å². The highest BCUT2D eigenvalue weighted by Gasteiger charge is 2.27. The summed E-state index contributed by atoms with van der Waals surface area (Å²) < 4.78 is 1.17. The number of rotatable bonds is 2. The fraction of sp³-hybridized carbons (Fsp3) is 0.647. The normalized spacial score (nSPS) is 20.9. The van der Waals surface area contributed by atoms with Gasteiger partial charge >= 0.3 is 0 Å². The molecule has 1 unspecified atom stereocenters. The minimum atomic E-state index is 0.436. The molecule has 1 aliphatic heterocycles. The van der Waals surface area contributed by atoms with E-state index in [-0.39, 0.29) is 0 Å². The third-order valence-electron chi connectivity index (χ3n) is 4.48. The van der Waals surface area contributed by atoms with Crippen LogP contribution >= 0.6 is 31.9 Å². The van der Waals surface area contributed by atoms with E-state index >= 15 is 0 Å². The second kappa shape index (κ2) is 6.83. The SMILES string of the molecule is CC(C)(C)C1CCCN(c2cc(Br)ccc2CBr)CC1. The fourth-order valence-corrected chi connectivity index (χ4v) is 3.97. The predicted octanol–water partition coefficient (Wildman–Crippen LogP) is 6.00. The van der Waals surface area contributed by atoms with Gasteiger partial charge in [0.1, 0.15) is 0 Å². The van der Waals surface area contributed by atoms with Gasteiger partial charge in [0.05, 0.1) is 0 Å². The molecule has 0 aliphatic carbocycles. The summed E-state index contributed by atoms with van der Waals surface area (Å²) in [6.45, 7) is 9.52. The minimum absolute atomic E-state index is 0.436. The summed E-state index contributed by atoms with van der Waals surface area (Å²) in [5.41, 5.74) is 3.22. The minimum Gasteiger partial charge on any atom is -0.371 e. The van der Waals surface area contributed by atoms with Crippen LogP contribution in [0.1, 0.15) is 45.6 Å². The third kappa shape index (κ3) is 4.00. The van der Waals surface area contributed by atoms with Crippen LogP contribution in [-0.4, -0.2) is 13.1 Å². The lowest BCUT2D eigenvalue weighted by molar-refractivity contribution is 0.220. The van der Waals surface area contributed by atoms with Crippen LogP contribution in [0.3, 0.4) is 0 Å². The quantitative estimate of drug-likeness (QED) is 0.548. The predicted molar refractivity (Wildman–Crippen MR) is 95.8 cm³/mol. The van der Waals surface area contributed by atoms with E-state index in [4.69, 9.17) is 0 Å². The first-order valence-corrected chi connectivity index (χ1v) is 9.42. The first-order chi connectivity index (χ1) is 9.41. The first-order valence-electron chi connectivity index (χ1n) is 7.51. The molecule has 0 spiro atoms. The van der Waals surface area contributed by atoms with Gasteiger partial charge in [0.15, 0.2) is 0 Å². The largest absolute Gasteiger partial charge is 0.371 e. The van der Waals surface area contributed by atoms with E-state index in [0.717, 1.165) is 11.2 Å².